The summed E-state index contributed by atoms with van der Waals surface area (Å²) in [6.45, 7) is 5.04. The summed E-state index contributed by atoms with van der Waals surface area (Å²) in [6, 6.07) is 7.59. The van der Waals surface area contributed by atoms with Crippen LogP contribution in [0, 0.1) is 36.5 Å². The van der Waals surface area contributed by atoms with Gasteiger partial charge in [-0.15, -0.1) is 0 Å². The maximum Gasteiger partial charge on any atom is 0.235 e. The van der Waals surface area contributed by atoms with Crippen LogP contribution in [0.2, 0.25) is 0 Å². The molecule has 0 spiro atoms. The topological polar surface area (TPSA) is 104 Å². The Morgan fingerprint density at radius 1 is 1.37 bits per heavy atom. The smallest absolute Gasteiger partial charge is 0.235 e. The summed E-state index contributed by atoms with van der Waals surface area (Å²) < 4.78 is 7.04. The highest BCUT2D eigenvalue weighted by molar-refractivity contribution is 8.00. The number of pyridine rings is 1. The number of ether oxygens (including phenoxy) is 1. The summed E-state index contributed by atoms with van der Waals surface area (Å²) in [7, 11) is 1.64. The van der Waals surface area contributed by atoms with Crippen LogP contribution in [0.3, 0.4) is 0 Å². The molecule has 0 unspecified atom stereocenters. The van der Waals surface area contributed by atoms with Gasteiger partial charge < -0.3 is 14.6 Å². The Morgan fingerprint density at radius 3 is 2.81 bits per heavy atom. The number of thioether (sulfide) groups is 1. The lowest BCUT2D eigenvalue weighted by atomic mass is 10.2. The van der Waals surface area contributed by atoms with E-state index in [4.69, 9.17) is 10.00 Å². The molecule has 0 saturated heterocycles. The standard InChI is InChI=1S/C19H21N5O2S/c1-13-14(2)24(8-5-9-26-3)18(16(13)11-21)23-17(25)12-27-19-15(10-20)6-4-7-22-19/h4,6-7H,5,8-9,12H2,1-3H3,(H,23,25). The van der Waals surface area contributed by atoms with Crippen LogP contribution in [0.15, 0.2) is 23.4 Å². The molecule has 0 aliphatic rings. The average molecular weight is 383 g/mol. The minimum atomic E-state index is -0.253. The molecule has 8 heteroatoms. The van der Waals surface area contributed by atoms with Gasteiger partial charge >= 0.3 is 0 Å². The first-order valence-electron chi connectivity index (χ1n) is 8.40. The SMILES string of the molecule is COCCCn1c(C)c(C)c(C#N)c1NC(=O)CSc1ncccc1C#N. The Labute approximate surface area is 163 Å². The van der Waals surface area contributed by atoms with E-state index < -0.39 is 0 Å². The summed E-state index contributed by atoms with van der Waals surface area (Å²) in [5, 5.41) is 22.0. The number of nitriles is 2. The predicted octanol–water partition coefficient (Wildman–Crippen LogP) is 3.01. The fourth-order valence-electron chi connectivity index (χ4n) is 2.67. The van der Waals surface area contributed by atoms with Crippen molar-refractivity contribution in [1.82, 2.24) is 9.55 Å². The van der Waals surface area contributed by atoms with Crippen LogP contribution in [0.4, 0.5) is 5.82 Å². The van der Waals surface area contributed by atoms with Gasteiger partial charge in [0.15, 0.2) is 0 Å². The highest BCUT2D eigenvalue weighted by atomic mass is 32.2. The number of aromatic nitrogens is 2. The van der Waals surface area contributed by atoms with Crippen LogP contribution in [0.1, 0.15) is 28.8 Å². The molecule has 0 bridgehead atoms. The van der Waals surface area contributed by atoms with Crippen LogP contribution in [0.5, 0.6) is 0 Å². The number of anilines is 1. The Balaban J connectivity index is 2.15. The number of rotatable bonds is 8. The lowest BCUT2D eigenvalue weighted by molar-refractivity contribution is -0.113. The number of methoxy groups -OCH3 is 1. The molecular weight excluding hydrogens is 362 g/mol. The summed E-state index contributed by atoms with van der Waals surface area (Å²) in [6.07, 6.45) is 2.36. The van der Waals surface area contributed by atoms with E-state index in [0.717, 1.165) is 17.7 Å². The molecule has 140 valence electrons. The van der Waals surface area contributed by atoms with E-state index >= 15 is 0 Å². The summed E-state index contributed by atoms with van der Waals surface area (Å²) in [5.74, 6) is 0.352. The van der Waals surface area contributed by atoms with Crippen LogP contribution < -0.4 is 5.32 Å². The zero-order chi connectivity index (χ0) is 19.8. The fraction of sp³-hybridized carbons (Fsp3) is 0.368. The molecule has 0 atom stereocenters. The molecular formula is C19H21N5O2S. The van der Waals surface area contributed by atoms with Gasteiger partial charge in [0.1, 0.15) is 23.0 Å². The Kier molecular flexibility index (Phi) is 7.42. The van der Waals surface area contributed by atoms with Crippen molar-refractivity contribution in [3.05, 3.63) is 40.7 Å². The zero-order valence-electron chi connectivity index (χ0n) is 15.6. The number of amides is 1. The number of hydrogen-bond acceptors (Lipinski definition) is 6. The molecule has 0 aliphatic heterocycles. The maximum atomic E-state index is 12.5. The molecule has 2 rings (SSSR count). The van der Waals surface area contributed by atoms with Gasteiger partial charge in [-0.3, -0.25) is 4.79 Å². The number of carbonyl (C=O) groups excluding carboxylic acids is 1. The van der Waals surface area contributed by atoms with Crippen molar-refractivity contribution in [3.63, 3.8) is 0 Å². The molecule has 2 aromatic heterocycles. The molecule has 0 radical (unpaired) electrons. The van der Waals surface area contributed by atoms with Gasteiger partial charge in [-0.2, -0.15) is 10.5 Å². The largest absolute Gasteiger partial charge is 0.385 e. The monoisotopic (exact) mass is 383 g/mol. The summed E-state index contributed by atoms with van der Waals surface area (Å²) in [5.41, 5.74) is 2.71. The van der Waals surface area contributed by atoms with Crippen molar-refractivity contribution >= 4 is 23.5 Å². The molecule has 1 amide bonds. The minimum absolute atomic E-state index is 0.0951. The van der Waals surface area contributed by atoms with Crippen molar-refractivity contribution in [2.24, 2.45) is 0 Å². The third kappa shape index (κ3) is 4.88. The van der Waals surface area contributed by atoms with Crippen molar-refractivity contribution in [2.75, 3.05) is 24.8 Å². The normalized spacial score (nSPS) is 10.3. The number of nitrogens with zero attached hydrogens (tertiary/aromatic N) is 4. The first-order valence-corrected chi connectivity index (χ1v) is 9.38. The number of carbonyl (C=O) groups is 1. The van der Waals surface area contributed by atoms with Gasteiger partial charge in [-0.1, -0.05) is 11.8 Å². The third-order valence-corrected chi connectivity index (χ3v) is 5.17. The highest BCUT2D eigenvalue weighted by Gasteiger charge is 2.19. The van der Waals surface area contributed by atoms with Gasteiger partial charge in [0.05, 0.1) is 16.9 Å². The molecule has 27 heavy (non-hydrogen) atoms. The predicted molar refractivity (Wildman–Crippen MR) is 103 cm³/mol. The Hall–Kier alpha value is -2.81. The van der Waals surface area contributed by atoms with Crippen LogP contribution >= 0.6 is 11.8 Å². The van der Waals surface area contributed by atoms with Crippen LogP contribution in [-0.2, 0) is 16.1 Å². The van der Waals surface area contributed by atoms with Gasteiger partial charge in [0.25, 0.3) is 0 Å². The quantitative estimate of drug-likeness (QED) is 0.555. The number of hydrogen-bond donors (Lipinski definition) is 1. The second kappa shape index (κ2) is 9.77. The van der Waals surface area contributed by atoms with E-state index in [1.165, 1.54) is 11.8 Å². The second-order valence-electron chi connectivity index (χ2n) is 5.85. The van der Waals surface area contributed by atoms with Crippen LogP contribution in [0.25, 0.3) is 0 Å². The van der Waals surface area contributed by atoms with Gasteiger partial charge in [-0.05, 0) is 38.0 Å². The second-order valence-corrected chi connectivity index (χ2v) is 6.81. The number of nitrogens with one attached hydrogen (secondary N) is 1. The van der Waals surface area contributed by atoms with E-state index in [0.29, 0.717) is 35.1 Å². The Bertz CT molecular complexity index is 908. The van der Waals surface area contributed by atoms with Crippen molar-refractivity contribution in [2.45, 2.75) is 31.8 Å². The maximum absolute atomic E-state index is 12.5. The van der Waals surface area contributed by atoms with Gasteiger partial charge in [0.2, 0.25) is 5.91 Å². The fourth-order valence-corrected chi connectivity index (χ4v) is 3.41. The summed E-state index contributed by atoms with van der Waals surface area (Å²) in [4.78, 5) is 16.6. The molecule has 7 nitrogen and oxygen atoms in total. The first kappa shape index (κ1) is 20.5. The van der Waals surface area contributed by atoms with E-state index in [-0.39, 0.29) is 11.7 Å². The molecule has 2 heterocycles. The van der Waals surface area contributed by atoms with E-state index in [2.05, 4.69) is 22.4 Å². The highest BCUT2D eigenvalue weighted by Crippen LogP contribution is 2.27. The first-order chi connectivity index (χ1) is 13.0. The third-order valence-electron chi connectivity index (χ3n) is 4.16. The minimum Gasteiger partial charge on any atom is -0.385 e. The summed E-state index contributed by atoms with van der Waals surface area (Å²) >= 11 is 1.19. The molecule has 0 aliphatic carbocycles. The van der Waals surface area contributed by atoms with Crippen molar-refractivity contribution in [3.8, 4) is 12.1 Å². The van der Waals surface area contributed by atoms with Crippen molar-refractivity contribution in [1.29, 1.82) is 10.5 Å². The van der Waals surface area contributed by atoms with Gasteiger partial charge in [0, 0.05) is 32.2 Å². The van der Waals surface area contributed by atoms with Crippen molar-refractivity contribution < 1.29 is 9.53 Å². The van der Waals surface area contributed by atoms with E-state index in [1.54, 1.807) is 25.4 Å². The Morgan fingerprint density at radius 2 is 2.15 bits per heavy atom. The molecule has 0 aromatic carbocycles. The molecule has 2 aromatic rings. The lowest BCUT2D eigenvalue weighted by Gasteiger charge is -2.13. The zero-order valence-corrected chi connectivity index (χ0v) is 16.4. The van der Waals surface area contributed by atoms with Crippen LogP contribution in [-0.4, -0.2) is 34.9 Å². The lowest BCUT2D eigenvalue weighted by Crippen LogP contribution is -2.18. The molecule has 0 fully saturated rings. The average Bonchev–Trinajstić information content (AvgIpc) is 2.90. The molecule has 0 saturated carbocycles. The molecule has 1 N–H and O–H groups in total. The van der Waals surface area contributed by atoms with E-state index in [9.17, 15) is 10.1 Å². The van der Waals surface area contributed by atoms with E-state index in [1.807, 2.05) is 18.4 Å². The van der Waals surface area contributed by atoms with Gasteiger partial charge in [-0.25, -0.2) is 4.98 Å².